The van der Waals surface area contributed by atoms with E-state index in [0.29, 0.717) is 11.8 Å². The van der Waals surface area contributed by atoms with E-state index in [1.54, 1.807) is 0 Å². The number of hydrogen-bond acceptors (Lipinski definition) is 2. The number of imidazole rings is 2. The van der Waals surface area contributed by atoms with Crippen LogP contribution in [0.4, 0.5) is 0 Å². The van der Waals surface area contributed by atoms with Gasteiger partial charge in [-0.1, -0.05) is 85.9 Å². The molecule has 6 heteroatoms. The fraction of sp³-hybridized carbons (Fsp3) is 0.408. The van der Waals surface area contributed by atoms with Crippen LogP contribution in [0.25, 0.3) is 44.7 Å². The number of para-hydroxylation sites is 1. The van der Waals surface area contributed by atoms with Gasteiger partial charge in [-0.3, -0.25) is 15.0 Å². The zero-order chi connectivity index (χ0) is 38.1. The van der Waals surface area contributed by atoms with Crippen molar-refractivity contribution in [3.05, 3.63) is 124 Å². The predicted octanol–water partition coefficient (Wildman–Crippen LogP) is 11.1. The summed E-state index contributed by atoms with van der Waals surface area (Å²) in [5.41, 5.74) is 15.0. The smallest absolute Gasteiger partial charge is 0.336 e. The molecule has 1 saturated carbocycles. The maximum Gasteiger partial charge on any atom is 3.00 e. The van der Waals surface area contributed by atoms with Crippen molar-refractivity contribution in [3.63, 3.8) is 0 Å². The minimum atomic E-state index is -0.108. The average molecular weight is 904 g/mol. The largest absolute Gasteiger partial charge is 3.00 e. The molecule has 10 rings (SSSR count). The van der Waals surface area contributed by atoms with Gasteiger partial charge in [0.15, 0.2) is 0 Å². The number of aryl methyl sites for hydroxylation is 2. The Kier molecular flexibility index (Phi) is 8.72. The van der Waals surface area contributed by atoms with Crippen molar-refractivity contribution >= 4 is 27.6 Å². The van der Waals surface area contributed by atoms with E-state index in [9.17, 15) is 0 Å². The number of benzene rings is 4. The van der Waals surface area contributed by atoms with Crippen LogP contribution in [0.1, 0.15) is 133 Å². The van der Waals surface area contributed by atoms with Gasteiger partial charge in [-0.05, 0) is 89.3 Å². The second-order valence-electron chi connectivity index (χ2n) is 18.9. The Hall–Kier alpha value is -4.12. The quantitative estimate of drug-likeness (QED) is 0.128. The Balaban J connectivity index is 0.000000156. The maximum atomic E-state index is 5.15. The molecule has 55 heavy (non-hydrogen) atoms. The second-order valence-corrected chi connectivity index (χ2v) is 18.9. The topological polar surface area (TPSA) is 48.9 Å². The minimum Gasteiger partial charge on any atom is -0.336 e. The van der Waals surface area contributed by atoms with Gasteiger partial charge in [0.2, 0.25) is 0 Å². The van der Waals surface area contributed by atoms with Crippen LogP contribution in [0.5, 0.6) is 0 Å². The molecule has 3 aromatic heterocycles. The molecule has 0 radical (unpaired) electrons. The monoisotopic (exact) mass is 904 g/mol. The average Bonchev–Trinajstić information content (AvgIpc) is 3.93. The van der Waals surface area contributed by atoms with Gasteiger partial charge < -0.3 is 8.97 Å². The van der Waals surface area contributed by atoms with E-state index >= 15 is 0 Å². The van der Waals surface area contributed by atoms with Crippen LogP contribution in [0.15, 0.2) is 72.8 Å². The molecule has 0 aliphatic heterocycles. The van der Waals surface area contributed by atoms with E-state index in [2.05, 4.69) is 146 Å². The molecule has 0 saturated heterocycles. The van der Waals surface area contributed by atoms with E-state index in [1.165, 1.54) is 58.6 Å². The molecule has 282 valence electrons. The van der Waals surface area contributed by atoms with Crippen LogP contribution in [0.2, 0.25) is 0 Å². The zero-order valence-corrected chi connectivity index (χ0v) is 36.7. The number of aromatic nitrogens is 5. The molecule has 2 atom stereocenters. The molecule has 3 aliphatic rings. The van der Waals surface area contributed by atoms with E-state index in [-0.39, 0.29) is 41.8 Å². The molecule has 2 bridgehead atoms. The molecule has 7 aromatic rings. The van der Waals surface area contributed by atoms with E-state index in [4.69, 9.17) is 15.0 Å². The fourth-order valence-corrected chi connectivity index (χ4v) is 10.1. The number of fused-ring (bicyclic) bond motifs is 11. The van der Waals surface area contributed by atoms with E-state index in [1.807, 2.05) is 24.3 Å². The van der Waals surface area contributed by atoms with Crippen molar-refractivity contribution in [3.8, 4) is 17.1 Å². The summed E-state index contributed by atoms with van der Waals surface area (Å²) in [5.74, 6) is 3.45. The summed E-state index contributed by atoms with van der Waals surface area (Å²) in [6.45, 7) is 25.4. The summed E-state index contributed by atoms with van der Waals surface area (Å²) in [7, 11) is 0. The SMILES string of the molecule is CC(C)(C)c1nc2ccc[c-]c2c2[n-]c3cc4c(cc3[n+]12)C(C)(C)C(C)(C)C4(C)C.Cc1cccc(C)c1-n1c(-c2[c-]cccc2)nc2c1C1CCC2C1.[Ir+3]. The van der Waals surface area contributed by atoms with E-state index < -0.39 is 0 Å². The second kappa shape index (κ2) is 12.7. The van der Waals surface area contributed by atoms with Gasteiger partial charge in [0.05, 0.1) is 28.2 Å². The van der Waals surface area contributed by atoms with Crippen LogP contribution < -0.4 is 9.38 Å². The first-order valence-electron chi connectivity index (χ1n) is 19.9. The summed E-state index contributed by atoms with van der Waals surface area (Å²) in [6.07, 6.45) is 3.91. The van der Waals surface area contributed by atoms with Crippen molar-refractivity contribution in [2.24, 2.45) is 5.41 Å². The number of rotatable bonds is 2. The van der Waals surface area contributed by atoms with Crippen LogP contribution in [0, 0.1) is 31.4 Å². The van der Waals surface area contributed by atoms with Crippen molar-refractivity contribution in [2.45, 2.75) is 124 Å². The van der Waals surface area contributed by atoms with Crippen LogP contribution >= 0.6 is 0 Å². The molecule has 1 fully saturated rings. The van der Waals surface area contributed by atoms with Crippen molar-refractivity contribution in [2.75, 3.05) is 0 Å². The Bertz CT molecular complexity index is 2610. The Morgan fingerprint density at radius 2 is 1.47 bits per heavy atom. The standard InChI is InChI=1S/C27H32N3.C22H21N2.Ir/c1-24(2,3)23-29-19-13-11-10-12-16(19)22-28-20-14-17-18(15-21(20)30(22)23)26(6,7)27(8,9)25(17,4)5;1-14-7-6-8-15(2)20(14)24-21-18-12-11-17(13-18)19(21)23-22(24)16-9-4-3-5-10-16;/h10-11,13-15H,1-9H3;3-9,17-18H,11-13H2,1-2H3;/q2*-1;+3. The van der Waals surface area contributed by atoms with Gasteiger partial charge in [-0.2, -0.15) is 0 Å². The Labute approximate surface area is 340 Å². The molecular formula is C49H53IrN5+. The molecule has 0 N–H and O–H groups in total. The summed E-state index contributed by atoms with van der Waals surface area (Å²) in [4.78, 5) is 15.4. The molecule has 3 heterocycles. The van der Waals surface area contributed by atoms with Gasteiger partial charge >= 0.3 is 20.1 Å². The zero-order valence-electron chi connectivity index (χ0n) is 34.3. The fourth-order valence-electron chi connectivity index (χ4n) is 10.1. The predicted molar refractivity (Wildman–Crippen MR) is 220 cm³/mol. The molecule has 4 aromatic carbocycles. The van der Waals surface area contributed by atoms with Crippen LogP contribution in [0.3, 0.4) is 0 Å². The van der Waals surface area contributed by atoms with Crippen molar-refractivity contribution < 1.29 is 24.5 Å². The van der Waals surface area contributed by atoms with Crippen molar-refractivity contribution in [1.82, 2.24) is 19.5 Å². The summed E-state index contributed by atoms with van der Waals surface area (Å²) in [5, 5.41) is 0.987. The van der Waals surface area contributed by atoms with Gasteiger partial charge in [0.1, 0.15) is 5.82 Å². The van der Waals surface area contributed by atoms with E-state index in [0.717, 1.165) is 44.8 Å². The van der Waals surface area contributed by atoms with Gasteiger partial charge in [-0.15, -0.1) is 60.2 Å². The summed E-state index contributed by atoms with van der Waals surface area (Å²) < 4.78 is 4.73. The molecule has 5 nitrogen and oxygen atoms in total. The Morgan fingerprint density at radius 3 is 2.15 bits per heavy atom. The third-order valence-electron chi connectivity index (χ3n) is 14.2. The molecule has 2 unspecified atom stereocenters. The maximum absolute atomic E-state index is 5.15. The normalized spacial score (nSPS) is 20.0. The number of hydrogen-bond donors (Lipinski definition) is 0. The Morgan fingerprint density at radius 1 is 0.800 bits per heavy atom. The first kappa shape index (κ1) is 37.8. The van der Waals surface area contributed by atoms with Crippen LogP contribution in [-0.4, -0.2) is 14.5 Å². The first-order chi connectivity index (χ1) is 25.5. The third-order valence-corrected chi connectivity index (χ3v) is 14.2. The van der Waals surface area contributed by atoms with Crippen LogP contribution in [-0.2, 0) is 36.4 Å². The van der Waals surface area contributed by atoms with Gasteiger partial charge in [0.25, 0.3) is 0 Å². The molecule has 0 spiro atoms. The summed E-state index contributed by atoms with van der Waals surface area (Å²) in [6, 6.07) is 32.3. The van der Waals surface area contributed by atoms with Crippen molar-refractivity contribution in [1.29, 1.82) is 0 Å². The summed E-state index contributed by atoms with van der Waals surface area (Å²) >= 11 is 0. The molecular weight excluding hydrogens is 851 g/mol. The minimum absolute atomic E-state index is 0. The number of nitrogens with zero attached hydrogens (tertiary/aromatic N) is 5. The van der Waals surface area contributed by atoms with Gasteiger partial charge in [-0.25, -0.2) is 0 Å². The first-order valence-corrected chi connectivity index (χ1v) is 19.9. The molecule has 3 aliphatic carbocycles. The molecule has 0 amide bonds. The third kappa shape index (κ3) is 5.37. The van der Waals surface area contributed by atoms with Gasteiger partial charge in [0, 0.05) is 28.6 Å².